The van der Waals surface area contributed by atoms with Gasteiger partial charge in [0.25, 0.3) is 0 Å². The Kier molecular flexibility index (Phi) is 245. The Bertz CT molecular complexity index is 13.7. The molecule has 0 bridgehead atoms. The first-order valence-electron chi connectivity index (χ1n) is 1.52. The third-order valence-electron chi connectivity index (χ3n) is 0. The molecule has 5 heteroatoms. The van der Waals surface area contributed by atoms with Crippen molar-refractivity contribution >= 4 is 0 Å². The molecule has 0 fully saturated rings. The van der Waals surface area contributed by atoms with E-state index in [0.717, 1.165) is 6.54 Å². The second-order valence-corrected chi connectivity index (χ2v) is 0.500. The summed E-state index contributed by atoms with van der Waals surface area (Å²) in [5.74, 6) is 2.25. The minimum absolute atomic E-state index is 0. The Morgan fingerprint density at radius 1 is 1.29 bits per heavy atom. The molecule has 0 aromatic carbocycles. The second kappa shape index (κ2) is 68.9. The van der Waals surface area contributed by atoms with E-state index >= 15 is 0 Å². The summed E-state index contributed by atoms with van der Waals surface area (Å²) in [7, 11) is 0. The van der Waals surface area contributed by atoms with Crippen molar-refractivity contribution in [1.82, 2.24) is 0 Å². The van der Waals surface area contributed by atoms with Crippen LogP contribution in [0.4, 0.5) is 0 Å². The van der Waals surface area contributed by atoms with Gasteiger partial charge in [-0.25, -0.2) is 11.1 Å². The zero-order chi connectivity index (χ0) is 4.71. The standard InChI is InChI=1S/C2H7N.2BrH.H4NO/c1-2-3;;;1-2/h2-3H2,1H3;2*1H;2H,1H3/q;;;+1/p-1. The Balaban J connectivity index is -0.0000000105. The van der Waals surface area contributed by atoms with Gasteiger partial charge in [0.2, 0.25) is 0 Å². The molecule has 7 heavy (non-hydrogen) atoms. The van der Waals surface area contributed by atoms with E-state index in [1.165, 1.54) is 0 Å². The SMILES string of the molecule is CC[NH3+].[Br-].[Br-].[NH3+]O. The fourth-order valence-corrected chi connectivity index (χ4v) is 0. The predicted octanol–water partition coefficient (Wildman–Crippen LogP) is -8.13. The van der Waals surface area contributed by atoms with Gasteiger partial charge < -0.3 is 39.7 Å². The highest BCUT2D eigenvalue weighted by Gasteiger charge is 1.37. The van der Waals surface area contributed by atoms with Gasteiger partial charge in [0, 0.05) is 0 Å². The van der Waals surface area contributed by atoms with Crippen LogP contribution in [0.15, 0.2) is 0 Å². The molecule has 0 saturated heterocycles. The van der Waals surface area contributed by atoms with E-state index in [-0.39, 0.29) is 34.0 Å². The molecule has 0 amide bonds. The Morgan fingerprint density at radius 2 is 1.29 bits per heavy atom. The van der Waals surface area contributed by atoms with Crippen molar-refractivity contribution < 1.29 is 50.8 Å². The molecular weight excluding hydrogens is 228 g/mol. The summed E-state index contributed by atoms with van der Waals surface area (Å²) in [6, 6.07) is 0. The molecule has 50 valence electrons. The molecule has 0 radical (unpaired) electrons. The van der Waals surface area contributed by atoms with Crippen molar-refractivity contribution in [2.45, 2.75) is 6.92 Å². The zero-order valence-corrected chi connectivity index (χ0v) is 7.50. The third kappa shape index (κ3) is 227. The summed E-state index contributed by atoms with van der Waals surface area (Å²) in [6.07, 6.45) is 0. The lowest BCUT2D eigenvalue weighted by Crippen LogP contribution is -3.00. The van der Waals surface area contributed by atoms with Crippen LogP contribution >= 0.6 is 0 Å². The summed E-state index contributed by atoms with van der Waals surface area (Å²) in [5, 5.41) is 6.75. The van der Waals surface area contributed by atoms with Crippen molar-refractivity contribution in [3.05, 3.63) is 0 Å². The number of hydrogen-bond acceptors (Lipinski definition) is 1. The first-order chi connectivity index (χ1) is 2.41. The summed E-state index contributed by atoms with van der Waals surface area (Å²) < 4.78 is 0. The first-order valence-corrected chi connectivity index (χ1v) is 1.52. The average molecular weight is 240 g/mol. The second-order valence-electron chi connectivity index (χ2n) is 0.500. The molecule has 0 aliphatic heterocycles. The lowest BCUT2D eigenvalue weighted by Gasteiger charge is -1.49. The maximum Gasteiger partial charge on any atom is 0.0711 e. The monoisotopic (exact) mass is 238 g/mol. The van der Waals surface area contributed by atoms with Crippen LogP contribution in [0.3, 0.4) is 0 Å². The first kappa shape index (κ1) is 24.9. The van der Waals surface area contributed by atoms with Gasteiger partial charge in [0.05, 0.1) is 6.54 Å². The van der Waals surface area contributed by atoms with E-state index in [1.807, 2.05) is 6.92 Å². The molecule has 0 rings (SSSR count). The summed E-state index contributed by atoms with van der Waals surface area (Å²) in [4.78, 5) is 0. The largest absolute Gasteiger partial charge is 1.00 e. The van der Waals surface area contributed by atoms with Gasteiger partial charge in [0.1, 0.15) is 0 Å². The van der Waals surface area contributed by atoms with Gasteiger partial charge >= 0.3 is 0 Å². The Labute approximate surface area is 64.6 Å². The number of hydrogen-bond donors (Lipinski definition) is 3. The highest BCUT2D eigenvalue weighted by Crippen LogP contribution is 1.13. The van der Waals surface area contributed by atoms with Gasteiger partial charge in [-0.1, -0.05) is 0 Å². The van der Waals surface area contributed by atoms with Crippen LogP contribution in [0, 0.1) is 0 Å². The van der Waals surface area contributed by atoms with Gasteiger partial charge in [-0.3, -0.25) is 0 Å². The Morgan fingerprint density at radius 3 is 1.29 bits per heavy atom. The molecule has 0 aliphatic carbocycles. The van der Waals surface area contributed by atoms with E-state index < -0.39 is 0 Å². The maximum absolute atomic E-state index is 6.75. The summed E-state index contributed by atoms with van der Waals surface area (Å²) in [6.45, 7) is 3.01. The molecule has 0 saturated carbocycles. The highest BCUT2D eigenvalue weighted by molar-refractivity contribution is 3.79. The van der Waals surface area contributed by atoms with Gasteiger partial charge in [0.15, 0.2) is 0 Å². The summed E-state index contributed by atoms with van der Waals surface area (Å²) >= 11 is 0. The van der Waals surface area contributed by atoms with Crippen LogP contribution in [-0.2, 0) is 0 Å². The van der Waals surface area contributed by atoms with Crippen LogP contribution in [0.5, 0.6) is 0 Å². The van der Waals surface area contributed by atoms with Crippen LogP contribution in [0.25, 0.3) is 0 Å². The molecular formula is C2H12Br2N2O. The lowest BCUT2D eigenvalue weighted by molar-refractivity contribution is -0.670. The van der Waals surface area contributed by atoms with E-state index in [4.69, 9.17) is 5.21 Å². The van der Waals surface area contributed by atoms with Crippen LogP contribution in [-0.4, -0.2) is 11.8 Å². The van der Waals surface area contributed by atoms with E-state index in [9.17, 15) is 0 Å². The Hall–Kier alpha value is 0.840. The van der Waals surface area contributed by atoms with Gasteiger partial charge in [-0.05, 0) is 6.92 Å². The zero-order valence-electron chi connectivity index (χ0n) is 4.32. The molecule has 0 aliphatic rings. The molecule has 0 unspecified atom stereocenters. The maximum atomic E-state index is 6.75. The molecule has 0 spiro atoms. The predicted molar refractivity (Wildman–Crippen MR) is 18.1 cm³/mol. The fourth-order valence-electron chi connectivity index (χ4n) is 0. The van der Waals surface area contributed by atoms with Crippen molar-refractivity contribution in [3.8, 4) is 0 Å². The van der Waals surface area contributed by atoms with Crippen molar-refractivity contribution in [2.75, 3.05) is 6.54 Å². The van der Waals surface area contributed by atoms with Crippen molar-refractivity contribution in [1.29, 1.82) is 0 Å². The van der Waals surface area contributed by atoms with Crippen LogP contribution in [0.1, 0.15) is 6.92 Å². The molecule has 7 N–H and O–H groups in total. The molecule has 0 atom stereocenters. The highest BCUT2D eigenvalue weighted by atomic mass is 79.9. The molecule has 3 nitrogen and oxygen atoms in total. The quantitative estimate of drug-likeness (QED) is 0.361. The van der Waals surface area contributed by atoms with Gasteiger partial charge in [-0.15, -0.1) is 0 Å². The van der Waals surface area contributed by atoms with Crippen molar-refractivity contribution in [3.63, 3.8) is 0 Å². The third-order valence-corrected chi connectivity index (χ3v) is 0. The van der Waals surface area contributed by atoms with E-state index in [0.29, 0.717) is 0 Å². The topological polar surface area (TPSA) is 75.5 Å². The smallest absolute Gasteiger partial charge is 0.0711 e. The lowest BCUT2D eigenvalue weighted by atomic mass is 10.8. The number of rotatable bonds is 0. The van der Waals surface area contributed by atoms with Crippen molar-refractivity contribution in [2.24, 2.45) is 0 Å². The van der Waals surface area contributed by atoms with E-state index in [1.54, 1.807) is 0 Å². The minimum Gasteiger partial charge on any atom is -1.00 e. The average Bonchev–Trinajstić information content (AvgIpc) is 1.46. The number of quaternary nitrogens is 2. The minimum atomic E-state index is 0. The normalized spacial score (nSPS) is 3.43. The summed E-state index contributed by atoms with van der Waals surface area (Å²) in [5.41, 5.74) is 3.49. The van der Waals surface area contributed by atoms with Crippen LogP contribution < -0.4 is 45.6 Å². The molecule has 0 heterocycles. The van der Waals surface area contributed by atoms with Gasteiger partial charge in [-0.2, -0.15) is 0 Å². The van der Waals surface area contributed by atoms with E-state index in [2.05, 4.69) is 11.6 Å². The molecule has 0 aromatic rings. The fraction of sp³-hybridized carbons (Fsp3) is 1.00. The number of halogens is 2. The molecule has 0 aromatic heterocycles. The van der Waals surface area contributed by atoms with Crippen LogP contribution in [0.2, 0.25) is 0 Å².